The lowest BCUT2D eigenvalue weighted by Gasteiger charge is -2.08. The molecule has 17 heavy (non-hydrogen) atoms. The quantitative estimate of drug-likeness (QED) is 0.811. The number of hydrogen-bond donors (Lipinski definition) is 1. The van der Waals surface area contributed by atoms with Crippen molar-refractivity contribution in [2.75, 3.05) is 6.61 Å². The Balaban J connectivity index is 2.45. The maximum atomic E-state index is 9.01. The number of para-hydroxylation sites is 1. The van der Waals surface area contributed by atoms with Crippen LogP contribution in [-0.4, -0.2) is 11.6 Å². The minimum atomic E-state index is 0.448. The number of nitrogens with zero attached hydrogens (tertiary/aromatic N) is 1. The van der Waals surface area contributed by atoms with Gasteiger partial charge in [-0.2, -0.15) is 5.26 Å². The Kier molecular flexibility index (Phi) is 3.27. The topological polar surface area (TPSA) is 48.8 Å². The van der Waals surface area contributed by atoms with Crippen molar-refractivity contribution in [3.8, 4) is 22.9 Å². The molecule has 1 aromatic carbocycles. The van der Waals surface area contributed by atoms with Crippen molar-refractivity contribution in [3.05, 3.63) is 54.9 Å². The second-order valence-corrected chi connectivity index (χ2v) is 3.49. The summed E-state index contributed by atoms with van der Waals surface area (Å²) in [7, 11) is 0. The molecular formula is C14H12N2O. The summed E-state index contributed by atoms with van der Waals surface area (Å²) in [6, 6.07) is 9.79. The molecule has 3 nitrogen and oxygen atoms in total. The largest absolute Gasteiger partial charge is 0.489 e. The van der Waals surface area contributed by atoms with E-state index in [9.17, 15) is 0 Å². The van der Waals surface area contributed by atoms with E-state index in [0.717, 1.165) is 16.9 Å². The molecule has 2 rings (SSSR count). The smallest absolute Gasteiger partial charge is 0.127 e. The summed E-state index contributed by atoms with van der Waals surface area (Å²) < 4.78 is 5.57. The van der Waals surface area contributed by atoms with E-state index in [1.165, 1.54) is 0 Å². The number of H-pyrrole nitrogens is 1. The van der Waals surface area contributed by atoms with Gasteiger partial charge in [0.1, 0.15) is 18.4 Å². The lowest BCUT2D eigenvalue weighted by atomic mass is 10.0. The molecule has 1 aromatic heterocycles. The van der Waals surface area contributed by atoms with Crippen molar-refractivity contribution in [1.82, 2.24) is 4.98 Å². The maximum absolute atomic E-state index is 9.01. The Hall–Kier alpha value is -2.47. The molecule has 0 fully saturated rings. The number of ether oxygens (including phenoxy) is 1. The van der Waals surface area contributed by atoms with Crippen LogP contribution in [0.2, 0.25) is 0 Å². The molecule has 3 heteroatoms. The van der Waals surface area contributed by atoms with Crippen LogP contribution in [0.25, 0.3) is 11.1 Å². The summed E-state index contributed by atoms with van der Waals surface area (Å²) in [4.78, 5) is 2.93. The van der Waals surface area contributed by atoms with E-state index in [1.807, 2.05) is 24.3 Å². The molecule has 0 bridgehead atoms. The van der Waals surface area contributed by atoms with Crippen LogP contribution in [0.15, 0.2) is 49.3 Å². The molecule has 0 saturated heterocycles. The molecule has 0 saturated carbocycles. The molecule has 1 heterocycles. The number of nitrogens with one attached hydrogen (secondary N) is 1. The average Bonchev–Trinajstić information content (AvgIpc) is 2.84. The molecular weight excluding hydrogens is 212 g/mol. The summed E-state index contributed by atoms with van der Waals surface area (Å²) >= 11 is 0. The highest BCUT2D eigenvalue weighted by atomic mass is 16.5. The first-order valence-electron chi connectivity index (χ1n) is 5.26. The van der Waals surface area contributed by atoms with E-state index in [2.05, 4.69) is 17.6 Å². The first-order chi connectivity index (χ1) is 8.36. The molecule has 0 aliphatic carbocycles. The Morgan fingerprint density at radius 3 is 2.88 bits per heavy atom. The monoisotopic (exact) mass is 224 g/mol. The van der Waals surface area contributed by atoms with Gasteiger partial charge >= 0.3 is 0 Å². The van der Waals surface area contributed by atoms with E-state index >= 15 is 0 Å². The molecule has 0 aliphatic heterocycles. The van der Waals surface area contributed by atoms with E-state index < -0.39 is 0 Å². The van der Waals surface area contributed by atoms with Crippen LogP contribution in [0.4, 0.5) is 0 Å². The second kappa shape index (κ2) is 5.04. The summed E-state index contributed by atoms with van der Waals surface area (Å²) in [6.07, 6.45) is 5.17. The van der Waals surface area contributed by atoms with Gasteiger partial charge in [-0.05, 0) is 6.07 Å². The Labute approximate surface area is 100.0 Å². The summed E-state index contributed by atoms with van der Waals surface area (Å²) in [5.41, 5.74) is 2.37. The average molecular weight is 224 g/mol. The van der Waals surface area contributed by atoms with E-state index in [-0.39, 0.29) is 0 Å². The van der Waals surface area contributed by atoms with Crippen molar-refractivity contribution in [3.63, 3.8) is 0 Å². The van der Waals surface area contributed by atoms with Crippen molar-refractivity contribution in [2.45, 2.75) is 0 Å². The molecule has 2 aromatic rings. The van der Waals surface area contributed by atoms with Crippen LogP contribution in [0, 0.1) is 11.3 Å². The normalized spacial score (nSPS) is 9.59. The minimum Gasteiger partial charge on any atom is -0.489 e. The molecule has 0 amide bonds. The van der Waals surface area contributed by atoms with Crippen LogP contribution in [0.5, 0.6) is 5.75 Å². The summed E-state index contributed by atoms with van der Waals surface area (Å²) in [6.45, 7) is 4.07. The zero-order chi connectivity index (χ0) is 12.1. The highest BCUT2D eigenvalue weighted by molar-refractivity contribution is 5.75. The standard InChI is InChI=1S/C14H12N2O/c1-2-7-17-14-6-4-3-5-12(14)13-10-16-9-11(13)8-15/h2-6,9-10,16H,1,7H2. The Morgan fingerprint density at radius 2 is 2.12 bits per heavy atom. The third kappa shape index (κ3) is 2.21. The number of aromatic amines is 1. The van der Waals surface area contributed by atoms with Gasteiger partial charge in [0.05, 0.1) is 5.56 Å². The zero-order valence-corrected chi connectivity index (χ0v) is 9.31. The molecule has 0 aliphatic rings. The van der Waals surface area contributed by atoms with Gasteiger partial charge in [0.2, 0.25) is 0 Å². The van der Waals surface area contributed by atoms with Crippen LogP contribution in [0.3, 0.4) is 0 Å². The first kappa shape index (κ1) is 11.0. The van der Waals surface area contributed by atoms with Gasteiger partial charge < -0.3 is 9.72 Å². The first-order valence-corrected chi connectivity index (χ1v) is 5.26. The number of hydrogen-bond acceptors (Lipinski definition) is 2. The van der Waals surface area contributed by atoms with Gasteiger partial charge in [-0.15, -0.1) is 0 Å². The molecule has 84 valence electrons. The van der Waals surface area contributed by atoms with Gasteiger partial charge in [-0.3, -0.25) is 0 Å². The Morgan fingerprint density at radius 1 is 1.29 bits per heavy atom. The van der Waals surface area contributed by atoms with E-state index in [1.54, 1.807) is 18.5 Å². The maximum Gasteiger partial charge on any atom is 0.127 e. The second-order valence-electron chi connectivity index (χ2n) is 3.49. The molecule has 0 radical (unpaired) electrons. The summed E-state index contributed by atoms with van der Waals surface area (Å²) in [5.74, 6) is 0.753. The van der Waals surface area contributed by atoms with E-state index in [0.29, 0.717) is 12.2 Å². The fourth-order valence-corrected chi connectivity index (χ4v) is 1.64. The lowest BCUT2D eigenvalue weighted by molar-refractivity contribution is 0.365. The van der Waals surface area contributed by atoms with Crippen molar-refractivity contribution < 1.29 is 4.74 Å². The minimum absolute atomic E-state index is 0.448. The SMILES string of the molecule is C=CCOc1ccccc1-c1c[nH]cc1C#N. The van der Waals surface area contributed by atoms with Gasteiger partial charge in [0.15, 0.2) is 0 Å². The van der Waals surface area contributed by atoms with Crippen molar-refractivity contribution >= 4 is 0 Å². The third-order valence-corrected chi connectivity index (χ3v) is 2.40. The molecule has 0 unspecified atom stereocenters. The fourth-order valence-electron chi connectivity index (χ4n) is 1.64. The number of nitriles is 1. The third-order valence-electron chi connectivity index (χ3n) is 2.40. The van der Waals surface area contributed by atoms with Crippen LogP contribution >= 0.6 is 0 Å². The van der Waals surface area contributed by atoms with Gasteiger partial charge in [-0.1, -0.05) is 30.9 Å². The number of aromatic nitrogens is 1. The van der Waals surface area contributed by atoms with Crippen LogP contribution in [-0.2, 0) is 0 Å². The van der Waals surface area contributed by atoms with Crippen LogP contribution < -0.4 is 4.74 Å². The molecule has 0 atom stereocenters. The van der Waals surface area contributed by atoms with Crippen molar-refractivity contribution in [2.24, 2.45) is 0 Å². The van der Waals surface area contributed by atoms with Crippen LogP contribution in [0.1, 0.15) is 5.56 Å². The highest BCUT2D eigenvalue weighted by Gasteiger charge is 2.10. The van der Waals surface area contributed by atoms with Crippen molar-refractivity contribution in [1.29, 1.82) is 5.26 Å². The van der Waals surface area contributed by atoms with Gasteiger partial charge in [0, 0.05) is 23.5 Å². The predicted octanol–water partition coefficient (Wildman–Crippen LogP) is 3.12. The number of rotatable bonds is 4. The van der Waals surface area contributed by atoms with Gasteiger partial charge in [-0.25, -0.2) is 0 Å². The highest BCUT2D eigenvalue weighted by Crippen LogP contribution is 2.31. The Bertz CT molecular complexity index is 564. The van der Waals surface area contributed by atoms with E-state index in [4.69, 9.17) is 10.00 Å². The van der Waals surface area contributed by atoms with Gasteiger partial charge in [0.25, 0.3) is 0 Å². The lowest BCUT2D eigenvalue weighted by Crippen LogP contribution is -1.94. The fraction of sp³-hybridized carbons (Fsp3) is 0.0714. The molecule has 1 N–H and O–H groups in total. The summed E-state index contributed by atoms with van der Waals surface area (Å²) in [5, 5.41) is 9.01. The predicted molar refractivity (Wildman–Crippen MR) is 66.6 cm³/mol. The zero-order valence-electron chi connectivity index (χ0n) is 9.31. The number of benzene rings is 1. The molecule has 0 spiro atoms.